The number of halogens is 1. The van der Waals surface area contributed by atoms with Crippen LogP contribution < -0.4 is 9.73 Å². The predicted octanol–water partition coefficient (Wildman–Crippen LogP) is 2.63. The lowest BCUT2D eigenvalue weighted by molar-refractivity contribution is -0.119. The first-order valence-electron chi connectivity index (χ1n) is 6.86. The van der Waals surface area contributed by atoms with Crippen molar-refractivity contribution < 1.29 is 13.2 Å². The van der Waals surface area contributed by atoms with E-state index in [0.29, 0.717) is 10.7 Å². The molecule has 9 heteroatoms. The smallest absolute Gasteiger partial charge is 0.260 e. The third-order valence-corrected chi connectivity index (χ3v) is 5.41. The maximum atomic E-state index is 12.0. The van der Waals surface area contributed by atoms with Gasteiger partial charge in [-0.3, -0.25) is 9.10 Å². The van der Waals surface area contributed by atoms with Crippen LogP contribution in [-0.4, -0.2) is 33.3 Å². The van der Waals surface area contributed by atoms with E-state index in [0.717, 1.165) is 21.0 Å². The van der Waals surface area contributed by atoms with Crippen LogP contribution in [0.15, 0.2) is 40.8 Å². The average molecular weight is 386 g/mol. The molecule has 0 aliphatic rings. The summed E-state index contributed by atoms with van der Waals surface area (Å²) in [4.78, 5) is 12.9. The van der Waals surface area contributed by atoms with Gasteiger partial charge in [-0.1, -0.05) is 23.7 Å². The van der Waals surface area contributed by atoms with Gasteiger partial charge in [0, 0.05) is 9.90 Å². The fraction of sp³-hybridized carbons (Fsp3) is 0.200. The molecule has 24 heavy (non-hydrogen) atoms. The van der Waals surface area contributed by atoms with Gasteiger partial charge in [-0.25, -0.2) is 13.8 Å². The SMILES string of the molecule is Cc1ccc(N(CC(=O)NN=Cc2cccs2)S(C)(=O)=O)cc1Cl. The van der Waals surface area contributed by atoms with E-state index in [1.807, 2.05) is 24.4 Å². The van der Waals surface area contributed by atoms with Crippen molar-refractivity contribution in [3.8, 4) is 0 Å². The Morgan fingerprint density at radius 1 is 1.42 bits per heavy atom. The summed E-state index contributed by atoms with van der Waals surface area (Å²) < 4.78 is 25.0. The van der Waals surface area contributed by atoms with Crippen LogP contribution in [0.4, 0.5) is 5.69 Å². The highest BCUT2D eigenvalue weighted by atomic mass is 35.5. The summed E-state index contributed by atoms with van der Waals surface area (Å²) in [5.41, 5.74) is 3.46. The molecule has 0 atom stereocenters. The molecule has 0 radical (unpaired) electrons. The maximum absolute atomic E-state index is 12.0. The maximum Gasteiger partial charge on any atom is 0.260 e. The quantitative estimate of drug-likeness (QED) is 0.613. The lowest BCUT2D eigenvalue weighted by atomic mass is 10.2. The van der Waals surface area contributed by atoms with E-state index in [4.69, 9.17) is 11.6 Å². The first kappa shape index (κ1) is 18.4. The molecule has 0 bridgehead atoms. The van der Waals surface area contributed by atoms with Gasteiger partial charge in [0.15, 0.2) is 0 Å². The van der Waals surface area contributed by atoms with Gasteiger partial charge in [-0.05, 0) is 36.1 Å². The highest BCUT2D eigenvalue weighted by Gasteiger charge is 2.21. The number of aryl methyl sites for hydroxylation is 1. The third kappa shape index (κ3) is 5.05. The Morgan fingerprint density at radius 2 is 2.17 bits per heavy atom. The van der Waals surface area contributed by atoms with Gasteiger partial charge in [0.1, 0.15) is 6.54 Å². The molecule has 2 aromatic rings. The average Bonchev–Trinajstić information content (AvgIpc) is 3.00. The minimum atomic E-state index is -3.65. The Labute approximate surface area is 149 Å². The lowest BCUT2D eigenvalue weighted by Gasteiger charge is -2.21. The zero-order valence-electron chi connectivity index (χ0n) is 13.1. The first-order chi connectivity index (χ1) is 11.3. The second-order valence-corrected chi connectivity index (χ2v) is 8.31. The van der Waals surface area contributed by atoms with Crippen molar-refractivity contribution in [2.45, 2.75) is 6.92 Å². The molecule has 0 aliphatic heterocycles. The van der Waals surface area contributed by atoms with Gasteiger partial charge >= 0.3 is 0 Å². The number of carbonyl (C=O) groups is 1. The minimum Gasteiger partial charge on any atom is -0.271 e. The number of sulfonamides is 1. The van der Waals surface area contributed by atoms with E-state index in [1.165, 1.54) is 23.6 Å². The molecule has 128 valence electrons. The van der Waals surface area contributed by atoms with Crippen LogP contribution in [0.1, 0.15) is 10.4 Å². The molecule has 6 nitrogen and oxygen atoms in total. The number of hydrogen-bond donors (Lipinski definition) is 1. The van der Waals surface area contributed by atoms with Crippen LogP contribution in [0.5, 0.6) is 0 Å². The zero-order valence-corrected chi connectivity index (χ0v) is 15.5. The fourth-order valence-corrected chi connectivity index (χ4v) is 3.44. The van der Waals surface area contributed by atoms with Crippen LogP contribution in [0.2, 0.25) is 5.02 Å². The Morgan fingerprint density at radius 3 is 2.75 bits per heavy atom. The molecule has 1 aromatic heterocycles. The second-order valence-electron chi connectivity index (χ2n) is 5.01. The summed E-state index contributed by atoms with van der Waals surface area (Å²) >= 11 is 7.51. The van der Waals surface area contributed by atoms with Crippen LogP contribution >= 0.6 is 22.9 Å². The lowest BCUT2D eigenvalue weighted by Crippen LogP contribution is -2.39. The Balaban J connectivity index is 2.11. The molecule has 0 saturated carbocycles. The molecule has 1 amide bonds. The number of amides is 1. The normalized spacial score (nSPS) is 11.6. The van der Waals surface area contributed by atoms with E-state index in [2.05, 4.69) is 10.5 Å². The van der Waals surface area contributed by atoms with Crippen molar-refractivity contribution in [3.63, 3.8) is 0 Å². The van der Waals surface area contributed by atoms with Gasteiger partial charge < -0.3 is 0 Å². The van der Waals surface area contributed by atoms with Gasteiger partial charge in [-0.15, -0.1) is 11.3 Å². The minimum absolute atomic E-state index is 0.325. The third-order valence-electron chi connectivity index (χ3n) is 3.06. The number of nitrogens with one attached hydrogen (secondary N) is 1. The van der Waals surface area contributed by atoms with E-state index in [-0.39, 0.29) is 6.54 Å². The summed E-state index contributed by atoms with van der Waals surface area (Å²) in [5.74, 6) is -0.551. The molecular weight excluding hydrogens is 370 g/mol. The van der Waals surface area contributed by atoms with E-state index in [1.54, 1.807) is 12.1 Å². The molecular formula is C15H16ClN3O3S2. The van der Waals surface area contributed by atoms with Crippen molar-refractivity contribution in [3.05, 3.63) is 51.2 Å². The summed E-state index contributed by atoms with van der Waals surface area (Å²) in [5, 5.41) is 6.13. The molecule has 0 spiro atoms. The van der Waals surface area contributed by atoms with Crippen molar-refractivity contribution in [1.29, 1.82) is 0 Å². The standard InChI is InChI=1S/C15H16ClN3O3S2/c1-11-5-6-12(8-14(11)16)19(24(2,21)22)10-15(20)18-17-9-13-4-3-7-23-13/h3-9H,10H2,1-2H3,(H,18,20). The first-order valence-corrected chi connectivity index (χ1v) is 9.97. The van der Waals surface area contributed by atoms with Crippen molar-refractivity contribution in [2.75, 3.05) is 17.1 Å². The van der Waals surface area contributed by atoms with Crippen molar-refractivity contribution >= 4 is 50.8 Å². The van der Waals surface area contributed by atoms with Crippen molar-refractivity contribution in [1.82, 2.24) is 5.43 Å². The number of carbonyl (C=O) groups excluding carboxylic acids is 1. The summed E-state index contributed by atoms with van der Waals surface area (Å²) in [6.45, 7) is 1.42. The Hall–Kier alpha value is -1.90. The van der Waals surface area contributed by atoms with E-state index >= 15 is 0 Å². The largest absolute Gasteiger partial charge is 0.271 e. The van der Waals surface area contributed by atoms with Crippen molar-refractivity contribution in [2.24, 2.45) is 5.10 Å². The number of anilines is 1. The van der Waals surface area contributed by atoms with Crippen LogP contribution in [0, 0.1) is 6.92 Å². The van der Waals surface area contributed by atoms with Crippen LogP contribution in [0.3, 0.4) is 0 Å². The van der Waals surface area contributed by atoms with E-state index < -0.39 is 15.9 Å². The number of hydrazone groups is 1. The summed E-state index contributed by atoms with van der Waals surface area (Å²) in [6, 6.07) is 8.52. The molecule has 2 rings (SSSR count). The molecule has 0 saturated heterocycles. The number of benzene rings is 1. The molecule has 1 N–H and O–H groups in total. The predicted molar refractivity (Wildman–Crippen MR) is 98.4 cm³/mol. The summed E-state index contributed by atoms with van der Waals surface area (Å²) in [6.07, 6.45) is 2.53. The van der Waals surface area contributed by atoms with Gasteiger partial charge in [-0.2, -0.15) is 5.10 Å². The van der Waals surface area contributed by atoms with Crippen LogP contribution in [-0.2, 0) is 14.8 Å². The second kappa shape index (κ2) is 7.78. The highest BCUT2D eigenvalue weighted by Crippen LogP contribution is 2.24. The molecule has 0 aliphatic carbocycles. The molecule has 0 unspecified atom stereocenters. The monoisotopic (exact) mass is 385 g/mol. The zero-order chi connectivity index (χ0) is 17.7. The number of thiophene rings is 1. The van der Waals surface area contributed by atoms with Gasteiger partial charge in [0.05, 0.1) is 18.2 Å². The molecule has 1 aromatic carbocycles. The Bertz CT molecular complexity index is 849. The van der Waals surface area contributed by atoms with Gasteiger partial charge in [0.25, 0.3) is 5.91 Å². The molecule has 1 heterocycles. The number of rotatable bonds is 6. The topological polar surface area (TPSA) is 78.8 Å². The van der Waals surface area contributed by atoms with Gasteiger partial charge in [0.2, 0.25) is 10.0 Å². The number of nitrogens with zero attached hydrogens (tertiary/aromatic N) is 2. The number of hydrogen-bond acceptors (Lipinski definition) is 5. The highest BCUT2D eigenvalue weighted by molar-refractivity contribution is 7.92. The van der Waals surface area contributed by atoms with Crippen LogP contribution in [0.25, 0.3) is 0 Å². The summed E-state index contributed by atoms with van der Waals surface area (Å²) in [7, 11) is -3.65. The fourth-order valence-electron chi connectivity index (χ4n) is 1.84. The Kier molecular flexibility index (Phi) is 5.98. The molecule has 0 fully saturated rings. The van der Waals surface area contributed by atoms with E-state index in [9.17, 15) is 13.2 Å².